The molecule has 1 aromatic heterocycles. The number of hydrazone groups is 1. The molecule has 1 aromatic carbocycles. The largest absolute Gasteiger partial charge is 0.383 e. The summed E-state index contributed by atoms with van der Waals surface area (Å²) in [6, 6.07) is 8.68. The van der Waals surface area contributed by atoms with Gasteiger partial charge in [-0.15, -0.1) is 11.3 Å². The van der Waals surface area contributed by atoms with Crippen molar-refractivity contribution in [1.29, 1.82) is 0 Å². The van der Waals surface area contributed by atoms with Crippen LogP contribution in [0.1, 0.15) is 24.1 Å². The average Bonchev–Trinajstić information content (AvgIpc) is 2.84. The second-order valence-corrected chi connectivity index (χ2v) is 5.62. The van der Waals surface area contributed by atoms with Gasteiger partial charge in [0.25, 0.3) is 0 Å². The molecule has 0 amide bonds. The number of nitrogens with one attached hydrogen (secondary N) is 1. The van der Waals surface area contributed by atoms with Gasteiger partial charge in [0, 0.05) is 11.4 Å². The van der Waals surface area contributed by atoms with E-state index in [1.165, 1.54) is 16.9 Å². The maximum absolute atomic E-state index is 5.55. The van der Waals surface area contributed by atoms with Gasteiger partial charge in [-0.3, -0.25) is 5.43 Å². The highest BCUT2D eigenvalue weighted by Gasteiger charge is 2.07. The summed E-state index contributed by atoms with van der Waals surface area (Å²) in [4.78, 5) is 6.25. The summed E-state index contributed by atoms with van der Waals surface area (Å²) in [5, 5.41) is 6.64. The van der Waals surface area contributed by atoms with Gasteiger partial charge in [-0.25, -0.2) is 4.98 Å². The molecule has 0 fully saturated rings. The summed E-state index contributed by atoms with van der Waals surface area (Å²) in [6.45, 7) is 2.17. The van der Waals surface area contributed by atoms with Crippen LogP contribution in [0.25, 0.3) is 0 Å². The topological polar surface area (TPSA) is 66.5 Å². The highest BCUT2D eigenvalue weighted by molar-refractivity contribution is 7.14. The standard InChI is InChI=1S/C14H19N5S/c1-10(19(2)3)12-6-4-5-11(7-12)8-16-18-14-17-13(15)9-20-14/h4-10H,15H2,1-3H3,(H,17,18). The molecule has 1 unspecified atom stereocenters. The minimum atomic E-state index is 0.370. The van der Waals surface area contributed by atoms with E-state index >= 15 is 0 Å². The normalized spacial score (nSPS) is 13.0. The Morgan fingerprint density at radius 2 is 2.25 bits per heavy atom. The zero-order chi connectivity index (χ0) is 14.5. The van der Waals surface area contributed by atoms with Gasteiger partial charge in [-0.05, 0) is 38.2 Å². The minimum Gasteiger partial charge on any atom is -0.383 e. The number of nitrogens with zero attached hydrogens (tertiary/aromatic N) is 3. The number of nitrogen functional groups attached to an aromatic ring is 1. The second kappa shape index (κ2) is 6.49. The van der Waals surface area contributed by atoms with Crippen molar-refractivity contribution in [2.75, 3.05) is 25.3 Å². The first kappa shape index (κ1) is 14.5. The van der Waals surface area contributed by atoms with E-state index in [9.17, 15) is 0 Å². The third kappa shape index (κ3) is 3.79. The Bertz CT molecular complexity index is 591. The van der Waals surface area contributed by atoms with Crippen LogP contribution in [0.15, 0.2) is 34.7 Å². The maximum Gasteiger partial charge on any atom is 0.205 e. The van der Waals surface area contributed by atoms with Gasteiger partial charge in [0.2, 0.25) is 5.13 Å². The zero-order valence-corrected chi connectivity index (χ0v) is 12.7. The number of hydrogen-bond acceptors (Lipinski definition) is 6. The molecule has 0 aliphatic heterocycles. The molecule has 1 atom stereocenters. The van der Waals surface area contributed by atoms with E-state index in [4.69, 9.17) is 5.73 Å². The fraction of sp³-hybridized carbons (Fsp3) is 0.286. The van der Waals surface area contributed by atoms with E-state index in [1.54, 1.807) is 11.6 Å². The first-order chi connectivity index (χ1) is 9.56. The lowest BCUT2D eigenvalue weighted by atomic mass is 10.1. The van der Waals surface area contributed by atoms with Gasteiger partial charge in [-0.2, -0.15) is 5.10 Å². The summed E-state index contributed by atoms with van der Waals surface area (Å²) in [5.41, 5.74) is 10.7. The summed E-state index contributed by atoms with van der Waals surface area (Å²) < 4.78 is 0. The number of aromatic nitrogens is 1. The Hall–Kier alpha value is -1.92. The molecule has 1 heterocycles. The van der Waals surface area contributed by atoms with Crippen molar-refractivity contribution in [3.63, 3.8) is 0 Å². The number of benzene rings is 1. The highest BCUT2D eigenvalue weighted by Crippen LogP contribution is 2.18. The monoisotopic (exact) mass is 289 g/mol. The molecule has 0 saturated heterocycles. The number of rotatable bonds is 5. The van der Waals surface area contributed by atoms with Crippen molar-refractivity contribution in [2.45, 2.75) is 13.0 Å². The van der Waals surface area contributed by atoms with Crippen LogP contribution < -0.4 is 11.2 Å². The molecule has 6 heteroatoms. The average molecular weight is 289 g/mol. The van der Waals surface area contributed by atoms with Crippen molar-refractivity contribution in [3.05, 3.63) is 40.8 Å². The lowest BCUT2D eigenvalue weighted by Gasteiger charge is -2.20. The van der Waals surface area contributed by atoms with Crippen molar-refractivity contribution in [1.82, 2.24) is 9.88 Å². The zero-order valence-electron chi connectivity index (χ0n) is 11.9. The van der Waals surface area contributed by atoms with Crippen LogP contribution in [0.4, 0.5) is 10.9 Å². The van der Waals surface area contributed by atoms with Crippen molar-refractivity contribution in [3.8, 4) is 0 Å². The number of nitrogens with two attached hydrogens (primary N) is 1. The molecule has 0 aliphatic carbocycles. The number of thiazole rings is 1. The van der Waals surface area contributed by atoms with E-state index in [0.29, 0.717) is 17.0 Å². The van der Waals surface area contributed by atoms with Crippen LogP contribution in [0, 0.1) is 0 Å². The molecule has 2 rings (SSSR count). The summed E-state index contributed by atoms with van der Waals surface area (Å²) >= 11 is 1.43. The molecule has 0 saturated carbocycles. The molecule has 0 bridgehead atoms. The molecular weight excluding hydrogens is 270 g/mol. The van der Waals surface area contributed by atoms with Crippen molar-refractivity contribution >= 4 is 28.5 Å². The Labute approximate surface area is 123 Å². The van der Waals surface area contributed by atoms with Gasteiger partial charge < -0.3 is 10.6 Å². The molecular formula is C14H19N5S. The molecule has 0 spiro atoms. The van der Waals surface area contributed by atoms with Crippen LogP contribution in [0.2, 0.25) is 0 Å². The Morgan fingerprint density at radius 1 is 1.45 bits per heavy atom. The van der Waals surface area contributed by atoms with E-state index in [2.05, 4.69) is 53.6 Å². The third-order valence-electron chi connectivity index (χ3n) is 3.06. The maximum atomic E-state index is 5.55. The van der Waals surface area contributed by atoms with Crippen LogP contribution in [-0.4, -0.2) is 30.2 Å². The minimum absolute atomic E-state index is 0.370. The third-order valence-corrected chi connectivity index (χ3v) is 3.83. The molecule has 5 nitrogen and oxygen atoms in total. The quantitative estimate of drug-likeness (QED) is 0.656. The number of anilines is 2. The second-order valence-electron chi connectivity index (χ2n) is 4.76. The number of hydrogen-bond donors (Lipinski definition) is 2. The van der Waals surface area contributed by atoms with Gasteiger partial charge in [0.1, 0.15) is 5.82 Å². The lowest BCUT2D eigenvalue weighted by Crippen LogP contribution is -2.16. The Kier molecular flexibility index (Phi) is 4.70. The SMILES string of the molecule is CC(c1cccc(C=NNc2nc(N)cs2)c1)N(C)C. The van der Waals surface area contributed by atoms with Crippen molar-refractivity contribution < 1.29 is 0 Å². The van der Waals surface area contributed by atoms with E-state index in [1.807, 2.05) is 12.1 Å². The predicted molar refractivity (Wildman–Crippen MR) is 86.3 cm³/mol. The van der Waals surface area contributed by atoms with E-state index in [-0.39, 0.29) is 0 Å². The van der Waals surface area contributed by atoms with Gasteiger partial charge in [0.05, 0.1) is 6.21 Å². The van der Waals surface area contributed by atoms with Crippen LogP contribution in [0.3, 0.4) is 0 Å². The van der Waals surface area contributed by atoms with Crippen LogP contribution >= 0.6 is 11.3 Å². The molecule has 3 N–H and O–H groups in total. The fourth-order valence-corrected chi connectivity index (χ4v) is 2.25. The molecule has 0 radical (unpaired) electrons. The lowest BCUT2D eigenvalue weighted by molar-refractivity contribution is 0.321. The summed E-state index contributed by atoms with van der Waals surface area (Å²) in [6.07, 6.45) is 1.78. The summed E-state index contributed by atoms with van der Waals surface area (Å²) in [7, 11) is 4.14. The van der Waals surface area contributed by atoms with Gasteiger partial charge in [0.15, 0.2) is 0 Å². The smallest absolute Gasteiger partial charge is 0.205 e. The molecule has 2 aromatic rings. The summed E-state index contributed by atoms with van der Waals surface area (Å²) in [5.74, 6) is 0.509. The van der Waals surface area contributed by atoms with E-state index in [0.717, 1.165) is 5.56 Å². The highest BCUT2D eigenvalue weighted by atomic mass is 32.1. The van der Waals surface area contributed by atoms with Crippen molar-refractivity contribution in [2.24, 2.45) is 5.10 Å². The molecule has 106 valence electrons. The predicted octanol–water partition coefficient (Wildman–Crippen LogP) is 2.79. The first-order valence-corrected chi connectivity index (χ1v) is 7.20. The molecule has 0 aliphatic rings. The Morgan fingerprint density at radius 3 is 2.90 bits per heavy atom. The van der Waals surface area contributed by atoms with Gasteiger partial charge >= 0.3 is 0 Å². The Balaban J connectivity index is 2.04. The fourth-order valence-electron chi connectivity index (χ4n) is 1.70. The molecule has 20 heavy (non-hydrogen) atoms. The first-order valence-electron chi connectivity index (χ1n) is 6.32. The van der Waals surface area contributed by atoms with Crippen LogP contribution in [0.5, 0.6) is 0 Å². The van der Waals surface area contributed by atoms with E-state index < -0.39 is 0 Å². The van der Waals surface area contributed by atoms with Crippen LogP contribution in [-0.2, 0) is 0 Å². The van der Waals surface area contributed by atoms with Gasteiger partial charge in [-0.1, -0.05) is 18.2 Å².